The summed E-state index contributed by atoms with van der Waals surface area (Å²) in [4.78, 5) is 11.3. The lowest BCUT2D eigenvalue weighted by molar-refractivity contribution is 0.106. The molecule has 0 radical (unpaired) electrons. The molecule has 0 aromatic heterocycles. The van der Waals surface area contributed by atoms with Crippen molar-refractivity contribution in [3.05, 3.63) is 29.8 Å². The number of ketones is 1. The van der Waals surface area contributed by atoms with Gasteiger partial charge in [0.05, 0.1) is 4.90 Å². The lowest BCUT2D eigenvalue weighted by Crippen LogP contribution is -2.02. The molecule has 0 atom stereocenters. The van der Waals surface area contributed by atoms with Crippen molar-refractivity contribution in [2.24, 2.45) is 5.16 Å². The second kappa shape index (κ2) is 4.22. The highest BCUT2D eigenvalue weighted by Gasteiger charge is 2.08. The van der Waals surface area contributed by atoms with Crippen LogP contribution < -0.4 is 0 Å². The highest BCUT2D eigenvalue weighted by Crippen LogP contribution is 2.10. The SMILES string of the molecule is CS(=O)(=O)c1ccc(C(=O)C=NO)cc1. The molecule has 1 rings (SSSR count). The molecule has 1 aromatic carbocycles. The summed E-state index contributed by atoms with van der Waals surface area (Å²) in [6, 6.07) is 5.38. The standard InChI is InChI=1S/C9H9NO4S/c1-15(13,14)8-4-2-7(3-5-8)9(11)6-10-12/h2-6,12H,1H3. The first-order valence-electron chi connectivity index (χ1n) is 3.97. The highest BCUT2D eigenvalue weighted by atomic mass is 32.2. The van der Waals surface area contributed by atoms with Gasteiger partial charge in [0.1, 0.15) is 6.21 Å². The van der Waals surface area contributed by atoms with E-state index in [1.807, 2.05) is 0 Å². The molecule has 0 bridgehead atoms. The van der Waals surface area contributed by atoms with E-state index < -0.39 is 15.6 Å². The summed E-state index contributed by atoms with van der Waals surface area (Å²) in [6.07, 6.45) is 1.83. The van der Waals surface area contributed by atoms with Crippen molar-refractivity contribution in [2.45, 2.75) is 4.90 Å². The van der Waals surface area contributed by atoms with Crippen LogP contribution in [0, 0.1) is 0 Å². The van der Waals surface area contributed by atoms with Gasteiger partial charge < -0.3 is 5.21 Å². The topological polar surface area (TPSA) is 83.8 Å². The number of rotatable bonds is 3. The summed E-state index contributed by atoms with van der Waals surface area (Å²) < 4.78 is 22.2. The summed E-state index contributed by atoms with van der Waals surface area (Å²) >= 11 is 0. The van der Waals surface area contributed by atoms with Crippen LogP contribution in [-0.4, -0.2) is 31.9 Å². The third-order valence-corrected chi connectivity index (χ3v) is 2.87. The Labute approximate surface area is 87.0 Å². The Hall–Kier alpha value is -1.69. The van der Waals surface area contributed by atoms with Crippen molar-refractivity contribution in [3.63, 3.8) is 0 Å². The number of carbonyl (C=O) groups excluding carboxylic acids is 1. The highest BCUT2D eigenvalue weighted by molar-refractivity contribution is 7.90. The van der Waals surface area contributed by atoms with Crippen LogP contribution in [0.2, 0.25) is 0 Å². The van der Waals surface area contributed by atoms with Crippen LogP contribution in [0.4, 0.5) is 0 Å². The van der Waals surface area contributed by atoms with E-state index in [2.05, 4.69) is 5.16 Å². The first-order valence-corrected chi connectivity index (χ1v) is 5.86. The predicted molar refractivity (Wildman–Crippen MR) is 54.2 cm³/mol. The fraction of sp³-hybridized carbons (Fsp3) is 0.111. The molecule has 0 heterocycles. The number of hydrogen-bond acceptors (Lipinski definition) is 5. The molecule has 0 aliphatic carbocycles. The van der Waals surface area contributed by atoms with Crippen LogP contribution in [0.25, 0.3) is 0 Å². The van der Waals surface area contributed by atoms with Crippen molar-refractivity contribution >= 4 is 21.8 Å². The van der Waals surface area contributed by atoms with Crippen LogP contribution in [0.15, 0.2) is 34.3 Å². The average molecular weight is 227 g/mol. The molecule has 0 aliphatic heterocycles. The van der Waals surface area contributed by atoms with Crippen molar-refractivity contribution in [2.75, 3.05) is 6.26 Å². The van der Waals surface area contributed by atoms with Crippen molar-refractivity contribution in [1.82, 2.24) is 0 Å². The molecular weight excluding hydrogens is 218 g/mol. The summed E-state index contributed by atoms with van der Waals surface area (Å²) in [7, 11) is -3.25. The smallest absolute Gasteiger partial charge is 0.207 e. The van der Waals surface area contributed by atoms with Gasteiger partial charge >= 0.3 is 0 Å². The molecule has 0 spiro atoms. The third-order valence-electron chi connectivity index (χ3n) is 1.74. The zero-order chi connectivity index (χ0) is 11.5. The van der Waals surface area contributed by atoms with Crippen LogP contribution in [0.3, 0.4) is 0 Å². The van der Waals surface area contributed by atoms with Gasteiger partial charge in [0.15, 0.2) is 9.84 Å². The molecule has 0 unspecified atom stereocenters. The monoisotopic (exact) mass is 227 g/mol. The molecule has 0 aliphatic rings. The summed E-state index contributed by atoms with van der Waals surface area (Å²) in [5.41, 5.74) is 0.264. The molecule has 5 nitrogen and oxygen atoms in total. The van der Waals surface area contributed by atoms with Gasteiger partial charge in [-0.1, -0.05) is 5.16 Å². The fourth-order valence-corrected chi connectivity index (χ4v) is 1.62. The summed E-state index contributed by atoms with van der Waals surface area (Å²) in [6.45, 7) is 0. The zero-order valence-corrected chi connectivity index (χ0v) is 8.73. The summed E-state index contributed by atoms with van der Waals surface area (Å²) in [5, 5.41) is 10.7. The molecule has 6 heteroatoms. The first kappa shape index (κ1) is 11.4. The van der Waals surface area contributed by atoms with E-state index >= 15 is 0 Å². The van der Waals surface area contributed by atoms with E-state index in [0.717, 1.165) is 12.5 Å². The van der Waals surface area contributed by atoms with Crippen LogP contribution in [-0.2, 0) is 9.84 Å². The number of oxime groups is 1. The van der Waals surface area contributed by atoms with Gasteiger partial charge in [0, 0.05) is 11.8 Å². The maximum atomic E-state index is 11.1. The molecule has 0 amide bonds. The zero-order valence-electron chi connectivity index (χ0n) is 7.91. The van der Waals surface area contributed by atoms with Gasteiger partial charge in [-0.15, -0.1) is 0 Å². The lowest BCUT2D eigenvalue weighted by atomic mass is 10.1. The first-order chi connectivity index (χ1) is 6.95. The molecule has 1 aromatic rings. The van der Waals surface area contributed by atoms with E-state index in [1.165, 1.54) is 24.3 Å². The Bertz CT molecular complexity index is 487. The third kappa shape index (κ3) is 2.88. The lowest BCUT2D eigenvalue weighted by Gasteiger charge is -1.98. The van der Waals surface area contributed by atoms with E-state index in [0.29, 0.717) is 0 Å². The van der Waals surface area contributed by atoms with Crippen LogP contribution in [0.1, 0.15) is 10.4 Å². The van der Waals surface area contributed by atoms with E-state index in [4.69, 9.17) is 5.21 Å². The van der Waals surface area contributed by atoms with Gasteiger partial charge in [-0.05, 0) is 24.3 Å². The number of benzene rings is 1. The molecule has 15 heavy (non-hydrogen) atoms. The van der Waals surface area contributed by atoms with Gasteiger partial charge in [-0.3, -0.25) is 4.79 Å². The Morgan fingerprint density at radius 2 is 1.87 bits per heavy atom. The number of carbonyl (C=O) groups is 1. The minimum absolute atomic E-state index is 0.139. The van der Waals surface area contributed by atoms with Gasteiger partial charge in [0.25, 0.3) is 0 Å². The molecular formula is C9H9NO4S. The molecule has 1 N–H and O–H groups in total. The van der Waals surface area contributed by atoms with Gasteiger partial charge in [-0.2, -0.15) is 0 Å². The number of hydrogen-bond donors (Lipinski definition) is 1. The minimum Gasteiger partial charge on any atom is -0.411 e. The van der Waals surface area contributed by atoms with E-state index in [-0.39, 0.29) is 10.5 Å². The minimum atomic E-state index is -3.25. The molecule has 0 fully saturated rings. The average Bonchev–Trinajstić information content (AvgIpc) is 2.17. The number of Topliss-reactive ketones (excluding diaryl/α,β-unsaturated/α-hetero) is 1. The van der Waals surface area contributed by atoms with E-state index in [9.17, 15) is 13.2 Å². The predicted octanol–water partition coefficient (Wildman–Crippen LogP) is 0.733. The van der Waals surface area contributed by atoms with E-state index in [1.54, 1.807) is 0 Å². The Morgan fingerprint density at radius 1 is 1.33 bits per heavy atom. The fourth-order valence-electron chi connectivity index (χ4n) is 0.993. The largest absolute Gasteiger partial charge is 0.411 e. The Morgan fingerprint density at radius 3 is 2.27 bits per heavy atom. The quantitative estimate of drug-likeness (QED) is 0.357. The second-order valence-corrected chi connectivity index (χ2v) is 4.92. The molecule has 0 saturated carbocycles. The summed E-state index contributed by atoms with van der Waals surface area (Å²) in [5.74, 6) is -0.488. The van der Waals surface area contributed by atoms with Gasteiger partial charge in [-0.25, -0.2) is 8.42 Å². The van der Waals surface area contributed by atoms with Crippen molar-refractivity contribution in [1.29, 1.82) is 0 Å². The van der Waals surface area contributed by atoms with Crippen LogP contribution in [0.5, 0.6) is 0 Å². The van der Waals surface area contributed by atoms with Gasteiger partial charge in [0.2, 0.25) is 5.78 Å². The van der Waals surface area contributed by atoms with Crippen molar-refractivity contribution in [3.8, 4) is 0 Å². The van der Waals surface area contributed by atoms with Crippen molar-refractivity contribution < 1.29 is 18.4 Å². The second-order valence-electron chi connectivity index (χ2n) is 2.91. The number of sulfone groups is 1. The van der Waals surface area contributed by atoms with Crippen LogP contribution >= 0.6 is 0 Å². The molecule has 80 valence electrons. The normalized spacial score (nSPS) is 11.8. The Kier molecular flexibility index (Phi) is 3.21. The maximum Gasteiger partial charge on any atom is 0.207 e. The maximum absolute atomic E-state index is 11.1. The number of nitrogens with zero attached hydrogens (tertiary/aromatic N) is 1. The Balaban J connectivity index is 3.06. The molecule has 0 saturated heterocycles.